The van der Waals surface area contributed by atoms with Crippen LogP contribution in [-0.2, 0) is 4.74 Å². The number of pyridine rings is 1. The van der Waals surface area contributed by atoms with Gasteiger partial charge in [-0.15, -0.1) is 0 Å². The molecule has 2 rings (SSSR count). The summed E-state index contributed by atoms with van der Waals surface area (Å²) in [6, 6.07) is 2.45. The van der Waals surface area contributed by atoms with Gasteiger partial charge in [0.2, 0.25) is 0 Å². The minimum Gasteiger partial charge on any atom is -0.501 e. The molecule has 0 aromatic carbocycles. The van der Waals surface area contributed by atoms with Gasteiger partial charge < -0.3 is 10.1 Å². The summed E-state index contributed by atoms with van der Waals surface area (Å²) in [4.78, 5) is 4.30. The van der Waals surface area contributed by atoms with Gasteiger partial charge in [-0.3, -0.25) is 4.98 Å². The highest BCUT2D eigenvalue weighted by Crippen LogP contribution is 2.27. The summed E-state index contributed by atoms with van der Waals surface area (Å²) < 4.78 is 5.47. The third-order valence-corrected chi connectivity index (χ3v) is 3.16. The molecule has 0 saturated carbocycles. The van der Waals surface area contributed by atoms with Crippen molar-refractivity contribution in [3.05, 3.63) is 41.4 Å². The lowest BCUT2D eigenvalue weighted by molar-refractivity contribution is 0.219. The molecule has 3 nitrogen and oxygen atoms in total. The molecule has 1 aliphatic heterocycles. The number of nitrogens with zero attached hydrogens (tertiary/aromatic N) is 1. The molecule has 1 N–H and O–H groups in total. The van der Waals surface area contributed by atoms with Crippen molar-refractivity contribution in [3.8, 4) is 0 Å². The Balaban J connectivity index is 2.21. The van der Waals surface area contributed by atoms with Crippen LogP contribution in [0, 0.1) is 6.92 Å². The number of aryl methyl sites for hydroxylation is 1. The molecule has 0 bridgehead atoms. The first-order valence-electron chi connectivity index (χ1n) is 6.76. The van der Waals surface area contributed by atoms with Crippen LogP contribution in [0.3, 0.4) is 0 Å². The van der Waals surface area contributed by atoms with Crippen LogP contribution in [0.4, 0.5) is 0 Å². The van der Waals surface area contributed by atoms with Crippen molar-refractivity contribution < 1.29 is 4.74 Å². The summed E-state index contributed by atoms with van der Waals surface area (Å²) in [6.07, 6.45) is 9.12. The minimum atomic E-state index is 0.248. The maximum Gasteiger partial charge on any atom is 0.0876 e. The molecule has 2 heterocycles. The summed E-state index contributed by atoms with van der Waals surface area (Å²) in [6.45, 7) is 6.12. The lowest BCUT2D eigenvalue weighted by Crippen LogP contribution is -2.25. The standard InChI is InChI=1S/C15H22N2O/c1-3-6-17-15(13-5-4-7-18-11-13)14-8-12(2)9-16-10-14/h8-11,15,17H,3-7H2,1-2H3. The Labute approximate surface area is 109 Å². The predicted octanol–water partition coefficient (Wildman–Crippen LogP) is 3.13. The molecule has 0 aliphatic carbocycles. The Kier molecular flexibility index (Phi) is 4.76. The Morgan fingerprint density at radius 1 is 1.44 bits per heavy atom. The first-order valence-corrected chi connectivity index (χ1v) is 6.76. The van der Waals surface area contributed by atoms with E-state index < -0.39 is 0 Å². The van der Waals surface area contributed by atoms with Crippen LogP contribution in [-0.4, -0.2) is 18.1 Å². The van der Waals surface area contributed by atoms with Gasteiger partial charge in [-0.2, -0.15) is 0 Å². The van der Waals surface area contributed by atoms with Gasteiger partial charge in [-0.25, -0.2) is 0 Å². The first kappa shape index (κ1) is 13.1. The topological polar surface area (TPSA) is 34.1 Å². The highest BCUT2D eigenvalue weighted by Gasteiger charge is 2.18. The van der Waals surface area contributed by atoms with Gasteiger partial charge in [-0.05, 0) is 49.4 Å². The van der Waals surface area contributed by atoms with E-state index in [1.807, 2.05) is 18.7 Å². The van der Waals surface area contributed by atoms with Crippen LogP contribution < -0.4 is 5.32 Å². The fraction of sp³-hybridized carbons (Fsp3) is 0.533. The van der Waals surface area contributed by atoms with Crippen molar-refractivity contribution >= 4 is 0 Å². The van der Waals surface area contributed by atoms with Crippen molar-refractivity contribution in [1.29, 1.82) is 0 Å². The summed E-state index contributed by atoms with van der Waals surface area (Å²) in [7, 11) is 0. The third-order valence-electron chi connectivity index (χ3n) is 3.16. The van der Waals surface area contributed by atoms with Crippen LogP contribution in [0.25, 0.3) is 0 Å². The molecule has 1 aliphatic rings. The molecular formula is C15H22N2O. The zero-order valence-electron chi connectivity index (χ0n) is 11.3. The van der Waals surface area contributed by atoms with Crippen molar-refractivity contribution in [1.82, 2.24) is 10.3 Å². The normalized spacial score (nSPS) is 16.9. The van der Waals surface area contributed by atoms with Gasteiger partial charge in [0, 0.05) is 12.4 Å². The number of nitrogens with one attached hydrogen (secondary N) is 1. The molecule has 0 saturated heterocycles. The van der Waals surface area contributed by atoms with Crippen molar-refractivity contribution in [3.63, 3.8) is 0 Å². The number of hydrogen-bond donors (Lipinski definition) is 1. The highest BCUT2D eigenvalue weighted by atomic mass is 16.5. The Morgan fingerprint density at radius 2 is 2.33 bits per heavy atom. The van der Waals surface area contributed by atoms with Gasteiger partial charge in [0.05, 0.1) is 18.9 Å². The smallest absolute Gasteiger partial charge is 0.0876 e. The summed E-state index contributed by atoms with van der Waals surface area (Å²) in [5.74, 6) is 0. The fourth-order valence-corrected chi connectivity index (χ4v) is 2.28. The van der Waals surface area contributed by atoms with E-state index in [0.717, 1.165) is 32.4 Å². The summed E-state index contributed by atoms with van der Waals surface area (Å²) in [5, 5.41) is 3.59. The molecule has 0 fully saturated rings. The molecule has 18 heavy (non-hydrogen) atoms. The number of ether oxygens (including phenoxy) is 1. The van der Waals surface area contributed by atoms with E-state index in [2.05, 4.69) is 30.2 Å². The van der Waals surface area contributed by atoms with E-state index in [4.69, 9.17) is 4.74 Å². The Morgan fingerprint density at radius 3 is 3.00 bits per heavy atom. The van der Waals surface area contributed by atoms with Crippen molar-refractivity contribution in [2.24, 2.45) is 0 Å². The second-order valence-corrected chi connectivity index (χ2v) is 4.85. The van der Waals surface area contributed by atoms with E-state index in [-0.39, 0.29) is 6.04 Å². The molecule has 1 unspecified atom stereocenters. The lowest BCUT2D eigenvalue weighted by Gasteiger charge is -2.24. The van der Waals surface area contributed by atoms with Crippen molar-refractivity contribution in [2.75, 3.05) is 13.2 Å². The van der Waals surface area contributed by atoms with Crippen LogP contribution in [0.5, 0.6) is 0 Å². The molecule has 0 spiro atoms. The maximum atomic E-state index is 5.47. The average molecular weight is 246 g/mol. The summed E-state index contributed by atoms with van der Waals surface area (Å²) >= 11 is 0. The second kappa shape index (κ2) is 6.55. The van der Waals surface area contributed by atoms with E-state index in [9.17, 15) is 0 Å². The predicted molar refractivity (Wildman–Crippen MR) is 73.3 cm³/mol. The molecule has 3 heteroatoms. The van der Waals surface area contributed by atoms with Crippen LogP contribution in [0.1, 0.15) is 43.4 Å². The molecule has 0 radical (unpaired) electrons. The number of rotatable bonds is 5. The fourth-order valence-electron chi connectivity index (χ4n) is 2.28. The van der Waals surface area contributed by atoms with Crippen LogP contribution in [0.15, 0.2) is 30.3 Å². The first-order chi connectivity index (χ1) is 8.81. The maximum absolute atomic E-state index is 5.47. The van der Waals surface area contributed by atoms with Gasteiger partial charge >= 0.3 is 0 Å². The molecule has 1 aromatic rings. The molecule has 1 aromatic heterocycles. The average Bonchev–Trinajstić information content (AvgIpc) is 2.40. The summed E-state index contributed by atoms with van der Waals surface area (Å²) in [5.41, 5.74) is 3.77. The van der Waals surface area contributed by atoms with Gasteiger partial charge in [0.25, 0.3) is 0 Å². The lowest BCUT2D eigenvalue weighted by atomic mass is 9.95. The van der Waals surface area contributed by atoms with Gasteiger partial charge in [-0.1, -0.05) is 13.0 Å². The zero-order valence-corrected chi connectivity index (χ0v) is 11.3. The van der Waals surface area contributed by atoms with E-state index >= 15 is 0 Å². The molecule has 1 atom stereocenters. The Hall–Kier alpha value is -1.35. The minimum absolute atomic E-state index is 0.248. The van der Waals surface area contributed by atoms with E-state index in [1.165, 1.54) is 16.7 Å². The number of hydrogen-bond acceptors (Lipinski definition) is 3. The largest absolute Gasteiger partial charge is 0.501 e. The SMILES string of the molecule is CCCNC(C1=COCCC1)c1cncc(C)c1. The van der Waals surface area contributed by atoms with Crippen LogP contribution in [0.2, 0.25) is 0 Å². The second-order valence-electron chi connectivity index (χ2n) is 4.85. The van der Waals surface area contributed by atoms with Gasteiger partial charge in [0.15, 0.2) is 0 Å². The Bertz CT molecular complexity index is 415. The quantitative estimate of drug-likeness (QED) is 0.866. The molecule has 0 amide bonds. The molecule has 98 valence electrons. The number of aromatic nitrogens is 1. The highest BCUT2D eigenvalue weighted by molar-refractivity contribution is 5.28. The monoisotopic (exact) mass is 246 g/mol. The third kappa shape index (κ3) is 3.33. The van der Waals surface area contributed by atoms with Gasteiger partial charge in [0.1, 0.15) is 0 Å². The van der Waals surface area contributed by atoms with E-state index in [0.29, 0.717) is 0 Å². The van der Waals surface area contributed by atoms with Crippen LogP contribution >= 0.6 is 0 Å². The zero-order chi connectivity index (χ0) is 12.8. The van der Waals surface area contributed by atoms with Crippen molar-refractivity contribution in [2.45, 2.75) is 39.2 Å². The van der Waals surface area contributed by atoms with E-state index in [1.54, 1.807) is 0 Å². The molecular weight excluding hydrogens is 224 g/mol.